The van der Waals surface area contributed by atoms with Crippen LogP contribution in [0.15, 0.2) is 48.5 Å². The van der Waals surface area contributed by atoms with E-state index in [9.17, 15) is 19.2 Å². The average molecular weight is 458 g/mol. The fourth-order valence-corrected chi connectivity index (χ4v) is 6.47. The number of hydrogen-bond acceptors (Lipinski definition) is 5. The Kier molecular flexibility index (Phi) is 4.85. The van der Waals surface area contributed by atoms with Crippen molar-refractivity contribution < 1.29 is 23.9 Å². The van der Waals surface area contributed by atoms with Crippen LogP contribution in [0.1, 0.15) is 76.5 Å². The zero-order valence-corrected chi connectivity index (χ0v) is 19.2. The Morgan fingerprint density at radius 2 is 1.38 bits per heavy atom. The van der Waals surface area contributed by atoms with E-state index in [0.717, 1.165) is 44.1 Å². The summed E-state index contributed by atoms with van der Waals surface area (Å²) in [5, 5.41) is 0. The number of ketones is 2. The quantitative estimate of drug-likeness (QED) is 0.383. The van der Waals surface area contributed by atoms with E-state index in [-0.39, 0.29) is 23.1 Å². The largest absolute Gasteiger partial charge is 0.349 e. The summed E-state index contributed by atoms with van der Waals surface area (Å²) in [6.07, 6.45) is 4.80. The lowest BCUT2D eigenvalue weighted by Crippen LogP contribution is -2.52. The topological polar surface area (TPSA) is 80.8 Å². The number of nitrogens with zero attached hydrogens (tertiary/aromatic N) is 1. The van der Waals surface area contributed by atoms with Gasteiger partial charge in [0.15, 0.2) is 0 Å². The number of ether oxygens (including phenoxy) is 1. The van der Waals surface area contributed by atoms with E-state index in [1.165, 1.54) is 4.90 Å². The van der Waals surface area contributed by atoms with Gasteiger partial charge in [-0.3, -0.25) is 24.1 Å². The monoisotopic (exact) mass is 457 g/mol. The molecule has 0 bridgehead atoms. The van der Waals surface area contributed by atoms with E-state index in [1.54, 1.807) is 24.3 Å². The number of imide groups is 1. The summed E-state index contributed by atoms with van der Waals surface area (Å²) >= 11 is 0. The van der Waals surface area contributed by atoms with E-state index in [4.69, 9.17) is 4.74 Å². The molecule has 34 heavy (non-hydrogen) atoms. The molecule has 174 valence electrons. The van der Waals surface area contributed by atoms with Gasteiger partial charge in [0.25, 0.3) is 0 Å². The highest BCUT2D eigenvalue weighted by Crippen LogP contribution is 2.57. The zero-order chi connectivity index (χ0) is 23.6. The van der Waals surface area contributed by atoms with Gasteiger partial charge in [0.05, 0.1) is 17.9 Å². The molecule has 0 N–H and O–H groups in total. The van der Waals surface area contributed by atoms with Gasteiger partial charge in [-0.05, 0) is 25.3 Å². The highest BCUT2D eigenvalue weighted by molar-refractivity contribution is 6.35. The van der Waals surface area contributed by atoms with Crippen LogP contribution in [0.25, 0.3) is 0 Å². The highest BCUT2D eigenvalue weighted by atomic mass is 16.5. The molecule has 2 aliphatic carbocycles. The van der Waals surface area contributed by atoms with Crippen LogP contribution >= 0.6 is 0 Å². The van der Waals surface area contributed by atoms with Gasteiger partial charge in [0.2, 0.25) is 29.0 Å². The first-order valence-corrected chi connectivity index (χ1v) is 12.2. The number of amides is 2. The molecule has 0 aromatic heterocycles. The van der Waals surface area contributed by atoms with Gasteiger partial charge in [-0.15, -0.1) is 0 Å². The second-order valence-electron chi connectivity index (χ2n) is 10.1. The molecular weight excluding hydrogens is 430 g/mol. The molecule has 2 aliphatic heterocycles. The SMILES string of the molecule is Cc1ccc(C2OC3(C(=O)c4ccccc4C3=O)C3C(=O)N(C4CCCCCC4)C(=O)C23)cc1. The van der Waals surface area contributed by atoms with Gasteiger partial charge < -0.3 is 4.74 Å². The third kappa shape index (κ3) is 2.78. The van der Waals surface area contributed by atoms with Gasteiger partial charge in [0, 0.05) is 17.2 Å². The number of aryl methyl sites for hydroxylation is 1. The minimum absolute atomic E-state index is 0.183. The molecule has 6 heteroatoms. The predicted octanol–water partition coefficient (Wildman–Crippen LogP) is 4.21. The highest BCUT2D eigenvalue weighted by Gasteiger charge is 2.74. The number of hydrogen-bond donors (Lipinski definition) is 0. The number of rotatable bonds is 2. The van der Waals surface area contributed by atoms with Crippen molar-refractivity contribution in [3.8, 4) is 0 Å². The third-order valence-electron chi connectivity index (χ3n) is 8.15. The standard InChI is InChI=1S/C28H27NO5/c1-16-12-14-17(15-13-16)23-21-22(27(33)29(26(21)32)18-8-4-2-3-5-9-18)28(34-23)24(30)19-10-6-7-11-20(19)25(28)31/h6-7,10-15,18,21-23H,2-5,8-9H2,1H3. The molecule has 2 heterocycles. The van der Waals surface area contributed by atoms with Crippen molar-refractivity contribution in [3.05, 3.63) is 70.8 Å². The smallest absolute Gasteiger partial charge is 0.237 e. The van der Waals surface area contributed by atoms with Crippen molar-refractivity contribution in [2.45, 2.75) is 63.2 Å². The molecule has 6 rings (SSSR count). The number of benzene rings is 2. The number of likely N-dealkylation sites (tertiary alicyclic amines) is 1. The Morgan fingerprint density at radius 1 is 0.794 bits per heavy atom. The summed E-state index contributed by atoms with van der Waals surface area (Å²) in [5.41, 5.74) is 0.309. The van der Waals surface area contributed by atoms with Crippen LogP contribution in [0.2, 0.25) is 0 Å². The van der Waals surface area contributed by atoms with Crippen LogP contribution in [0.5, 0.6) is 0 Å². The van der Waals surface area contributed by atoms with E-state index < -0.39 is 41.0 Å². The summed E-state index contributed by atoms with van der Waals surface area (Å²) < 4.78 is 6.34. The van der Waals surface area contributed by atoms with E-state index in [1.807, 2.05) is 31.2 Å². The zero-order valence-electron chi connectivity index (χ0n) is 19.2. The van der Waals surface area contributed by atoms with E-state index in [0.29, 0.717) is 5.56 Å². The predicted molar refractivity (Wildman–Crippen MR) is 123 cm³/mol. The summed E-state index contributed by atoms with van der Waals surface area (Å²) in [5.74, 6) is -3.75. The fourth-order valence-electron chi connectivity index (χ4n) is 6.47. The lowest BCUT2D eigenvalue weighted by molar-refractivity contribution is -0.148. The Balaban J connectivity index is 1.49. The van der Waals surface area contributed by atoms with Gasteiger partial charge in [0.1, 0.15) is 0 Å². The van der Waals surface area contributed by atoms with Crippen molar-refractivity contribution in [2.75, 3.05) is 0 Å². The summed E-state index contributed by atoms with van der Waals surface area (Å²) in [6, 6.07) is 14.0. The fraction of sp³-hybridized carbons (Fsp3) is 0.429. The van der Waals surface area contributed by atoms with Crippen molar-refractivity contribution in [1.82, 2.24) is 4.90 Å². The Morgan fingerprint density at radius 3 is 1.97 bits per heavy atom. The van der Waals surface area contributed by atoms with E-state index in [2.05, 4.69) is 0 Å². The van der Waals surface area contributed by atoms with Crippen LogP contribution in [-0.2, 0) is 14.3 Å². The minimum atomic E-state index is -1.98. The van der Waals surface area contributed by atoms with Gasteiger partial charge in [-0.25, -0.2) is 0 Å². The first kappa shape index (κ1) is 21.4. The molecule has 2 amide bonds. The Hall–Kier alpha value is -3.12. The molecule has 1 spiro atoms. The van der Waals surface area contributed by atoms with E-state index >= 15 is 0 Å². The molecule has 3 unspecified atom stereocenters. The molecule has 4 aliphatic rings. The Bertz CT molecular complexity index is 1170. The molecule has 3 atom stereocenters. The van der Waals surface area contributed by atoms with Crippen molar-refractivity contribution in [3.63, 3.8) is 0 Å². The first-order chi connectivity index (χ1) is 16.4. The van der Waals surface area contributed by atoms with Crippen LogP contribution < -0.4 is 0 Å². The normalized spacial score (nSPS) is 28.5. The molecule has 6 nitrogen and oxygen atoms in total. The second-order valence-corrected chi connectivity index (χ2v) is 10.1. The van der Waals surface area contributed by atoms with Crippen LogP contribution in [-0.4, -0.2) is 39.9 Å². The van der Waals surface area contributed by atoms with Crippen LogP contribution in [0.3, 0.4) is 0 Å². The van der Waals surface area contributed by atoms with Gasteiger partial charge in [-0.2, -0.15) is 0 Å². The van der Waals surface area contributed by atoms with Gasteiger partial charge in [-0.1, -0.05) is 79.8 Å². The van der Waals surface area contributed by atoms with Crippen molar-refractivity contribution >= 4 is 23.4 Å². The van der Waals surface area contributed by atoms with Crippen LogP contribution in [0.4, 0.5) is 0 Å². The Labute approximate surface area is 198 Å². The first-order valence-electron chi connectivity index (χ1n) is 12.2. The number of fused-ring (bicyclic) bond motifs is 3. The molecule has 2 saturated heterocycles. The molecule has 2 aromatic carbocycles. The van der Waals surface area contributed by atoms with Crippen molar-refractivity contribution in [1.29, 1.82) is 0 Å². The maximum atomic E-state index is 14.0. The second kappa shape index (κ2) is 7.70. The summed E-state index contributed by atoms with van der Waals surface area (Å²) in [7, 11) is 0. The van der Waals surface area contributed by atoms with Crippen LogP contribution in [0, 0.1) is 18.8 Å². The lowest BCUT2D eigenvalue weighted by atomic mass is 9.77. The summed E-state index contributed by atoms with van der Waals surface area (Å²) in [6.45, 7) is 1.96. The molecule has 2 aromatic rings. The maximum absolute atomic E-state index is 14.0. The van der Waals surface area contributed by atoms with Crippen molar-refractivity contribution in [2.24, 2.45) is 11.8 Å². The third-order valence-corrected chi connectivity index (χ3v) is 8.15. The minimum Gasteiger partial charge on any atom is -0.349 e. The number of Topliss-reactive ketones (excluding diaryl/α,β-unsaturated/α-hetero) is 2. The molecule has 1 saturated carbocycles. The summed E-state index contributed by atoms with van der Waals surface area (Å²) in [4.78, 5) is 56.8. The van der Waals surface area contributed by atoms with Gasteiger partial charge >= 0.3 is 0 Å². The molecular formula is C28H27NO5. The lowest BCUT2D eigenvalue weighted by Gasteiger charge is -2.30. The molecule has 3 fully saturated rings. The molecule has 0 radical (unpaired) electrons. The number of carbonyl (C=O) groups excluding carboxylic acids is 4. The number of carbonyl (C=O) groups is 4. The average Bonchev–Trinajstić information content (AvgIpc) is 3.28. The maximum Gasteiger partial charge on any atom is 0.237 e.